The Hall–Kier alpha value is -2.64. The standard InChI is InChI=1S/C19H18ClN3O4/c20-13-3-5-14(6-4-13)23-17(24)12-15(18(23)25)21-7-9-22(10-8-21)19(26)16-2-1-11-27-16/h1-6,11,15H,7-10,12H2/t15-/m1/s1. The minimum Gasteiger partial charge on any atom is -0.459 e. The number of amides is 3. The fraction of sp³-hybridized carbons (Fsp3) is 0.316. The molecule has 0 unspecified atom stereocenters. The molecule has 2 aliphatic heterocycles. The van der Waals surface area contributed by atoms with Crippen molar-refractivity contribution in [1.29, 1.82) is 0 Å². The van der Waals surface area contributed by atoms with Gasteiger partial charge in [0.05, 0.1) is 24.4 Å². The van der Waals surface area contributed by atoms with Crippen LogP contribution in [0.4, 0.5) is 5.69 Å². The molecule has 0 N–H and O–H groups in total. The number of carbonyl (C=O) groups is 3. The zero-order valence-corrected chi connectivity index (χ0v) is 15.3. The van der Waals surface area contributed by atoms with Gasteiger partial charge in [0.25, 0.3) is 11.8 Å². The van der Waals surface area contributed by atoms with Crippen molar-refractivity contribution in [3.05, 3.63) is 53.4 Å². The lowest BCUT2D eigenvalue weighted by Gasteiger charge is -2.36. The van der Waals surface area contributed by atoms with Gasteiger partial charge < -0.3 is 9.32 Å². The summed E-state index contributed by atoms with van der Waals surface area (Å²) in [4.78, 5) is 42.5. The normalized spacial score (nSPS) is 21.1. The van der Waals surface area contributed by atoms with E-state index < -0.39 is 6.04 Å². The Morgan fingerprint density at radius 3 is 2.37 bits per heavy atom. The van der Waals surface area contributed by atoms with Gasteiger partial charge in [-0.2, -0.15) is 0 Å². The van der Waals surface area contributed by atoms with Crippen molar-refractivity contribution >= 4 is 35.0 Å². The third-order valence-corrected chi connectivity index (χ3v) is 5.23. The molecule has 2 saturated heterocycles. The number of piperazine rings is 1. The van der Waals surface area contributed by atoms with Crippen LogP contribution in [0.15, 0.2) is 47.1 Å². The molecule has 0 aliphatic carbocycles. The van der Waals surface area contributed by atoms with Gasteiger partial charge in [-0.1, -0.05) is 11.6 Å². The lowest BCUT2D eigenvalue weighted by atomic mass is 10.1. The van der Waals surface area contributed by atoms with Gasteiger partial charge in [0.1, 0.15) is 0 Å². The van der Waals surface area contributed by atoms with E-state index in [-0.39, 0.29) is 24.1 Å². The number of imide groups is 1. The van der Waals surface area contributed by atoms with Gasteiger partial charge in [0.15, 0.2) is 5.76 Å². The molecule has 7 nitrogen and oxygen atoms in total. The highest BCUT2D eigenvalue weighted by Gasteiger charge is 2.43. The van der Waals surface area contributed by atoms with Gasteiger partial charge in [-0.15, -0.1) is 0 Å². The van der Waals surface area contributed by atoms with Crippen molar-refractivity contribution in [1.82, 2.24) is 9.80 Å². The van der Waals surface area contributed by atoms with Crippen molar-refractivity contribution < 1.29 is 18.8 Å². The summed E-state index contributed by atoms with van der Waals surface area (Å²) in [6, 6.07) is 9.47. The maximum absolute atomic E-state index is 12.8. The highest BCUT2D eigenvalue weighted by atomic mass is 35.5. The van der Waals surface area contributed by atoms with Crippen molar-refractivity contribution in [3.8, 4) is 0 Å². The SMILES string of the molecule is O=C(c1ccco1)N1CCN([C@@H]2CC(=O)N(c3ccc(Cl)cc3)C2=O)CC1. The Morgan fingerprint density at radius 1 is 1.04 bits per heavy atom. The Bertz CT molecular complexity index is 858. The first-order valence-electron chi connectivity index (χ1n) is 8.74. The van der Waals surface area contributed by atoms with Gasteiger partial charge in [-0.25, -0.2) is 4.90 Å². The molecule has 4 rings (SSSR count). The molecule has 1 aromatic heterocycles. The van der Waals surface area contributed by atoms with Crippen LogP contribution in [0.25, 0.3) is 0 Å². The predicted octanol–water partition coefficient (Wildman–Crippen LogP) is 2.02. The quantitative estimate of drug-likeness (QED) is 0.753. The summed E-state index contributed by atoms with van der Waals surface area (Å²) in [5, 5.41) is 0.548. The Balaban J connectivity index is 1.41. The zero-order chi connectivity index (χ0) is 19.0. The number of anilines is 1. The summed E-state index contributed by atoms with van der Waals surface area (Å²) in [6.07, 6.45) is 1.62. The summed E-state index contributed by atoms with van der Waals surface area (Å²) in [5.74, 6) is -0.296. The molecule has 3 amide bonds. The number of hydrogen-bond donors (Lipinski definition) is 0. The van der Waals surface area contributed by atoms with Crippen LogP contribution in [0.5, 0.6) is 0 Å². The molecule has 2 fully saturated rings. The zero-order valence-electron chi connectivity index (χ0n) is 14.5. The van der Waals surface area contributed by atoms with Crippen molar-refractivity contribution in [3.63, 3.8) is 0 Å². The summed E-state index contributed by atoms with van der Waals surface area (Å²) >= 11 is 5.88. The first kappa shape index (κ1) is 17.8. The molecule has 140 valence electrons. The largest absolute Gasteiger partial charge is 0.459 e. The van der Waals surface area contributed by atoms with E-state index in [1.807, 2.05) is 4.90 Å². The van der Waals surface area contributed by atoms with Crippen LogP contribution in [0.1, 0.15) is 17.0 Å². The summed E-state index contributed by atoms with van der Waals surface area (Å²) in [7, 11) is 0. The van der Waals surface area contributed by atoms with Gasteiger partial charge in [0.2, 0.25) is 5.91 Å². The van der Waals surface area contributed by atoms with Crippen LogP contribution in [0.3, 0.4) is 0 Å². The third-order valence-electron chi connectivity index (χ3n) is 4.98. The van der Waals surface area contributed by atoms with E-state index in [4.69, 9.17) is 16.0 Å². The number of carbonyl (C=O) groups excluding carboxylic acids is 3. The fourth-order valence-corrected chi connectivity index (χ4v) is 3.68. The Labute approximate surface area is 161 Å². The molecule has 8 heteroatoms. The molecule has 1 aromatic carbocycles. The molecule has 2 aliphatic rings. The molecular formula is C19H18ClN3O4. The van der Waals surface area contributed by atoms with Crippen LogP contribution in [0, 0.1) is 0 Å². The van der Waals surface area contributed by atoms with Crippen LogP contribution >= 0.6 is 11.6 Å². The summed E-state index contributed by atoms with van der Waals surface area (Å²) in [6.45, 7) is 2.03. The number of benzene rings is 1. The van der Waals surface area contributed by atoms with Crippen LogP contribution in [0.2, 0.25) is 5.02 Å². The van der Waals surface area contributed by atoms with E-state index in [9.17, 15) is 14.4 Å². The molecule has 0 bridgehead atoms. The maximum Gasteiger partial charge on any atom is 0.289 e. The summed E-state index contributed by atoms with van der Waals surface area (Å²) < 4.78 is 5.16. The number of rotatable bonds is 3. The smallest absolute Gasteiger partial charge is 0.289 e. The van der Waals surface area contributed by atoms with Gasteiger partial charge >= 0.3 is 0 Å². The van der Waals surface area contributed by atoms with E-state index in [1.54, 1.807) is 41.3 Å². The van der Waals surface area contributed by atoms with E-state index >= 15 is 0 Å². The fourth-order valence-electron chi connectivity index (χ4n) is 3.56. The number of furan rings is 1. The van der Waals surface area contributed by atoms with E-state index in [0.717, 1.165) is 0 Å². The average molecular weight is 388 g/mol. The molecule has 2 aromatic rings. The minimum atomic E-state index is -0.492. The molecule has 0 spiro atoms. The first-order chi connectivity index (χ1) is 13.0. The number of hydrogen-bond acceptors (Lipinski definition) is 5. The minimum absolute atomic E-state index is 0.146. The third kappa shape index (κ3) is 3.36. The van der Waals surface area contributed by atoms with Crippen LogP contribution in [-0.4, -0.2) is 59.7 Å². The Morgan fingerprint density at radius 2 is 1.74 bits per heavy atom. The molecule has 0 radical (unpaired) electrons. The van der Waals surface area contributed by atoms with E-state index in [2.05, 4.69) is 0 Å². The monoisotopic (exact) mass is 387 g/mol. The number of halogens is 1. The highest BCUT2D eigenvalue weighted by molar-refractivity contribution is 6.30. The second-order valence-corrected chi connectivity index (χ2v) is 7.01. The topological polar surface area (TPSA) is 74.1 Å². The second-order valence-electron chi connectivity index (χ2n) is 6.57. The summed E-state index contributed by atoms with van der Waals surface area (Å²) in [5.41, 5.74) is 0.531. The maximum atomic E-state index is 12.8. The molecule has 1 atom stereocenters. The lowest BCUT2D eigenvalue weighted by Crippen LogP contribution is -2.53. The molecular weight excluding hydrogens is 370 g/mol. The average Bonchev–Trinajstić information content (AvgIpc) is 3.31. The molecule has 3 heterocycles. The van der Waals surface area contributed by atoms with E-state index in [0.29, 0.717) is 42.6 Å². The Kier molecular flexibility index (Phi) is 4.72. The van der Waals surface area contributed by atoms with Crippen molar-refractivity contribution in [2.45, 2.75) is 12.5 Å². The molecule has 0 saturated carbocycles. The first-order valence-corrected chi connectivity index (χ1v) is 9.11. The van der Waals surface area contributed by atoms with E-state index in [1.165, 1.54) is 11.2 Å². The lowest BCUT2D eigenvalue weighted by molar-refractivity contribution is -0.123. The predicted molar refractivity (Wildman–Crippen MR) is 98.5 cm³/mol. The second kappa shape index (κ2) is 7.17. The van der Waals surface area contributed by atoms with Gasteiger partial charge in [0, 0.05) is 31.2 Å². The van der Waals surface area contributed by atoms with Gasteiger partial charge in [-0.05, 0) is 36.4 Å². The van der Waals surface area contributed by atoms with Crippen molar-refractivity contribution in [2.75, 3.05) is 31.1 Å². The number of nitrogens with zero attached hydrogens (tertiary/aromatic N) is 3. The van der Waals surface area contributed by atoms with Crippen LogP contribution in [-0.2, 0) is 9.59 Å². The molecule has 27 heavy (non-hydrogen) atoms. The van der Waals surface area contributed by atoms with Crippen LogP contribution < -0.4 is 4.90 Å². The highest BCUT2D eigenvalue weighted by Crippen LogP contribution is 2.27. The van der Waals surface area contributed by atoms with Gasteiger partial charge in [-0.3, -0.25) is 19.3 Å². The van der Waals surface area contributed by atoms with Crippen molar-refractivity contribution in [2.24, 2.45) is 0 Å².